The highest BCUT2D eigenvalue weighted by atomic mass is 16.3. The highest BCUT2D eigenvalue weighted by molar-refractivity contribution is 5.92. The number of para-hydroxylation sites is 2. The number of fused-ring (bicyclic) bond motifs is 1. The van der Waals surface area contributed by atoms with E-state index >= 15 is 0 Å². The number of β-amino-alcohol motifs (C(OH)–C–C–N with tert-alkyl or cyclic N) is 1. The average Bonchev–Trinajstić information content (AvgIpc) is 3.00. The van der Waals surface area contributed by atoms with Crippen LogP contribution in [0.5, 0.6) is 0 Å². The van der Waals surface area contributed by atoms with Crippen molar-refractivity contribution in [1.82, 2.24) is 29.7 Å². The summed E-state index contributed by atoms with van der Waals surface area (Å²) in [6.45, 7) is 1.91. The number of hydrogen-bond donors (Lipinski definition) is 2. The Kier molecular flexibility index (Phi) is 4.83. The third-order valence-corrected chi connectivity index (χ3v) is 5.02. The van der Waals surface area contributed by atoms with E-state index in [0.717, 1.165) is 23.4 Å². The van der Waals surface area contributed by atoms with Crippen molar-refractivity contribution in [3.8, 4) is 0 Å². The van der Waals surface area contributed by atoms with Gasteiger partial charge in [-0.1, -0.05) is 12.1 Å². The first-order chi connectivity index (χ1) is 13.1. The monoisotopic (exact) mass is 366 g/mol. The number of aryl methyl sites for hydroxylation is 1. The van der Waals surface area contributed by atoms with E-state index in [-0.39, 0.29) is 17.6 Å². The molecule has 1 aromatic carbocycles. The smallest absolute Gasteiger partial charge is 0.271 e. The summed E-state index contributed by atoms with van der Waals surface area (Å²) in [7, 11) is 2.01. The van der Waals surface area contributed by atoms with Gasteiger partial charge in [-0.25, -0.2) is 9.97 Å². The maximum Gasteiger partial charge on any atom is 0.271 e. The number of likely N-dealkylation sites (tertiary alicyclic amines) is 1. The highest BCUT2D eigenvalue weighted by Gasteiger charge is 2.30. The van der Waals surface area contributed by atoms with Crippen LogP contribution < -0.4 is 5.32 Å². The number of benzene rings is 1. The van der Waals surface area contributed by atoms with E-state index in [1.54, 1.807) is 0 Å². The third kappa shape index (κ3) is 3.67. The van der Waals surface area contributed by atoms with E-state index in [1.165, 1.54) is 18.6 Å². The maximum absolute atomic E-state index is 12.2. The van der Waals surface area contributed by atoms with Crippen LogP contribution in [-0.4, -0.2) is 60.7 Å². The number of hydrogen-bond acceptors (Lipinski definition) is 6. The number of rotatable bonds is 4. The van der Waals surface area contributed by atoms with Gasteiger partial charge in [-0.15, -0.1) is 0 Å². The second-order valence-corrected chi connectivity index (χ2v) is 6.84. The van der Waals surface area contributed by atoms with Crippen molar-refractivity contribution in [2.75, 3.05) is 13.1 Å². The largest absolute Gasteiger partial charge is 0.390 e. The summed E-state index contributed by atoms with van der Waals surface area (Å²) in [5.41, 5.74) is 2.33. The molecule has 8 heteroatoms. The first-order valence-corrected chi connectivity index (χ1v) is 8.99. The molecule has 1 saturated heterocycles. The molecule has 140 valence electrons. The molecule has 0 bridgehead atoms. The van der Waals surface area contributed by atoms with Gasteiger partial charge in [-0.3, -0.25) is 14.7 Å². The molecule has 3 heterocycles. The van der Waals surface area contributed by atoms with Crippen molar-refractivity contribution < 1.29 is 9.90 Å². The summed E-state index contributed by atoms with van der Waals surface area (Å²) in [5, 5.41) is 13.4. The quantitative estimate of drug-likeness (QED) is 0.707. The number of imidazole rings is 1. The van der Waals surface area contributed by atoms with Crippen molar-refractivity contribution in [3.63, 3.8) is 0 Å². The molecule has 1 amide bonds. The van der Waals surface area contributed by atoms with Crippen LogP contribution in [-0.2, 0) is 13.6 Å². The summed E-state index contributed by atoms with van der Waals surface area (Å²) < 4.78 is 2.09. The van der Waals surface area contributed by atoms with Gasteiger partial charge in [0.25, 0.3) is 5.91 Å². The minimum absolute atomic E-state index is 0.256. The van der Waals surface area contributed by atoms with Crippen molar-refractivity contribution in [3.05, 3.63) is 54.4 Å². The molecule has 27 heavy (non-hydrogen) atoms. The summed E-state index contributed by atoms with van der Waals surface area (Å²) in [6.07, 6.45) is 4.43. The van der Waals surface area contributed by atoms with Crippen molar-refractivity contribution in [2.24, 2.45) is 7.05 Å². The number of aromatic nitrogens is 4. The summed E-state index contributed by atoms with van der Waals surface area (Å²) in [5.74, 6) is 0.654. The van der Waals surface area contributed by atoms with E-state index in [1.807, 2.05) is 25.2 Å². The molecule has 1 aliphatic rings. The Morgan fingerprint density at radius 3 is 2.93 bits per heavy atom. The van der Waals surface area contributed by atoms with Gasteiger partial charge in [-0.05, 0) is 18.6 Å². The van der Waals surface area contributed by atoms with Gasteiger partial charge in [0.2, 0.25) is 0 Å². The molecule has 0 saturated carbocycles. The zero-order valence-electron chi connectivity index (χ0n) is 15.1. The number of amides is 1. The maximum atomic E-state index is 12.2. The zero-order chi connectivity index (χ0) is 18.8. The van der Waals surface area contributed by atoms with E-state index in [2.05, 4.69) is 30.8 Å². The van der Waals surface area contributed by atoms with Crippen molar-refractivity contribution in [2.45, 2.75) is 25.1 Å². The van der Waals surface area contributed by atoms with Gasteiger partial charge >= 0.3 is 0 Å². The Labute approximate surface area is 156 Å². The fourth-order valence-electron chi connectivity index (χ4n) is 3.50. The number of carbonyl (C=O) groups is 1. The van der Waals surface area contributed by atoms with Gasteiger partial charge in [-0.2, -0.15) is 0 Å². The van der Waals surface area contributed by atoms with Gasteiger partial charge in [0.15, 0.2) is 0 Å². The molecule has 2 atom stereocenters. The fourth-order valence-corrected chi connectivity index (χ4v) is 3.50. The molecule has 0 aliphatic carbocycles. The van der Waals surface area contributed by atoms with Gasteiger partial charge in [0.1, 0.15) is 11.5 Å². The Balaban J connectivity index is 1.38. The van der Waals surface area contributed by atoms with Crippen LogP contribution in [0, 0.1) is 0 Å². The van der Waals surface area contributed by atoms with Crippen molar-refractivity contribution in [1.29, 1.82) is 0 Å². The molecule has 1 aliphatic heterocycles. The third-order valence-electron chi connectivity index (χ3n) is 5.02. The summed E-state index contributed by atoms with van der Waals surface area (Å²) in [4.78, 5) is 27.0. The number of aliphatic hydroxyl groups excluding tert-OH is 1. The number of carbonyl (C=O) groups excluding carboxylic acids is 1. The van der Waals surface area contributed by atoms with Crippen LogP contribution in [0.1, 0.15) is 22.7 Å². The zero-order valence-corrected chi connectivity index (χ0v) is 15.1. The minimum Gasteiger partial charge on any atom is -0.390 e. The molecular weight excluding hydrogens is 344 g/mol. The van der Waals surface area contributed by atoms with Crippen LogP contribution in [0.4, 0.5) is 0 Å². The lowest BCUT2D eigenvalue weighted by atomic mass is 10.0. The molecule has 2 aromatic heterocycles. The number of nitrogens with zero attached hydrogens (tertiary/aromatic N) is 5. The molecule has 8 nitrogen and oxygen atoms in total. The molecule has 1 fully saturated rings. The molecular formula is C19H22N6O2. The van der Waals surface area contributed by atoms with Gasteiger partial charge < -0.3 is 15.0 Å². The van der Waals surface area contributed by atoms with Crippen LogP contribution in [0.3, 0.4) is 0 Å². The normalized spacial score (nSPS) is 20.7. The van der Waals surface area contributed by atoms with E-state index in [0.29, 0.717) is 19.5 Å². The van der Waals surface area contributed by atoms with Crippen LogP contribution in [0.25, 0.3) is 11.0 Å². The predicted molar refractivity (Wildman–Crippen MR) is 99.9 cm³/mol. The Morgan fingerprint density at radius 2 is 2.19 bits per heavy atom. The Bertz CT molecular complexity index is 942. The Morgan fingerprint density at radius 1 is 1.33 bits per heavy atom. The van der Waals surface area contributed by atoms with E-state index in [9.17, 15) is 9.90 Å². The first kappa shape index (κ1) is 17.6. The van der Waals surface area contributed by atoms with E-state index < -0.39 is 6.10 Å². The highest BCUT2D eigenvalue weighted by Crippen LogP contribution is 2.18. The molecule has 0 spiro atoms. The number of nitrogens with one attached hydrogen (secondary N) is 1. The van der Waals surface area contributed by atoms with Crippen LogP contribution in [0.15, 0.2) is 42.9 Å². The van der Waals surface area contributed by atoms with Gasteiger partial charge in [0.05, 0.1) is 35.9 Å². The van der Waals surface area contributed by atoms with Crippen molar-refractivity contribution >= 4 is 16.9 Å². The minimum atomic E-state index is -0.644. The molecule has 4 rings (SSSR count). The molecule has 2 unspecified atom stereocenters. The van der Waals surface area contributed by atoms with E-state index in [4.69, 9.17) is 4.98 Å². The predicted octanol–water partition coefficient (Wildman–Crippen LogP) is 0.728. The second-order valence-electron chi connectivity index (χ2n) is 6.84. The molecule has 3 aromatic rings. The second kappa shape index (κ2) is 7.42. The Hall–Kier alpha value is -2.84. The summed E-state index contributed by atoms with van der Waals surface area (Å²) >= 11 is 0. The lowest BCUT2D eigenvalue weighted by Crippen LogP contribution is -2.54. The topological polar surface area (TPSA) is 96.2 Å². The average molecular weight is 366 g/mol. The van der Waals surface area contributed by atoms with Gasteiger partial charge in [0, 0.05) is 32.5 Å². The SMILES string of the molecule is Cn1c(CN2CCC(NC(=O)c3cnccn3)C(O)C2)nc2ccccc21. The van der Waals surface area contributed by atoms with Crippen LogP contribution >= 0.6 is 0 Å². The standard InChI is InChI=1S/C19H22N6O2/c1-24-16-5-3-2-4-13(16)22-18(24)12-25-9-6-14(17(26)11-25)23-19(27)15-10-20-7-8-21-15/h2-5,7-8,10,14,17,26H,6,9,11-12H2,1H3,(H,23,27). The fraction of sp³-hybridized carbons (Fsp3) is 0.368. The summed E-state index contributed by atoms with van der Waals surface area (Å²) in [6, 6.07) is 7.74. The molecule has 2 N–H and O–H groups in total. The lowest BCUT2D eigenvalue weighted by molar-refractivity contribution is 0.0337. The molecule has 0 radical (unpaired) electrons. The number of piperidine rings is 1. The van der Waals surface area contributed by atoms with Crippen LogP contribution in [0.2, 0.25) is 0 Å². The lowest BCUT2D eigenvalue weighted by Gasteiger charge is -2.35. The number of aliphatic hydroxyl groups is 1. The first-order valence-electron chi connectivity index (χ1n) is 8.99.